The molecule has 0 saturated carbocycles. The molecule has 1 saturated heterocycles. The van der Waals surface area contributed by atoms with Crippen LogP contribution in [-0.2, 0) is 9.53 Å². The predicted octanol–water partition coefficient (Wildman–Crippen LogP) is 1.86. The molecule has 1 aliphatic rings. The standard InChI is InChI=1S/C13H15NO3/c1-9(15)11-3-2-4-12(6-11)14-13(16)5-10-7-17-8-10/h2-4,6,10H,5,7-8H2,1H3,(H,14,16). The first-order valence-corrected chi connectivity index (χ1v) is 5.64. The third-order valence-electron chi connectivity index (χ3n) is 2.73. The van der Waals surface area contributed by atoms with Crippen LogP contribution < -0.4 is 5.32 Å². The zero-order chi connectivity index (χ0) is 12.3. The van der Waals surface area contributed by atoms with Crippen molar-refractivity contribution in [1.82, 2.24) is 0 Å². The van der Waals surface area contributed by atoms with E-state index in [4.69, 9.17) is 4.74 Å². The smallest absolute Gasteiger partial charge is 0.224 e. The van der Waals surface area contributed by atoms with Crippen LogP contribution in [0.2, 0.25) is 0 Å². The van der Waals surface area contributed by atoms with Crippen molar-refractivity contribution >= 4 is 17.4 Å². The van der Waals surface area contributed by atoms with Crippen LogP contribution in [0.3, 0.4) is 0 Å². The van der Waals surface area contributed by atoms with E-state index < -0.39 is 0 Å². The van der Waals surface area contributed by atoms with Gasteiger partial charge in [0.25, 0.3) is 0 Å². The van der Waals surface area contributed by atoms with E-state index in [9.17, 15) is 9.59 Å². The number of ketones is 1. The monoisotopic (exact) mass is 233 g/mol. The Kier molecular flexibility index (Phi) is 3.54. The van der Waals surface area contributed by atoms with Crippen LogP contribution in [0.15, 0.2) is 24.3 Å². The predicted molar refractivity (Wildman–Crippen MR) is 64.0 cm³/mol. The fourth-order valence-electron chi connectivity index (χ4n) is 1.69. The summed E-state index contributed by atoms with van der Waals surface area (Å²) in [5.74, 6) is 0.304. The zero-order valence-corrected chi connectivity index (χ0v) is 9.73. The van der Waals surface area contributed by atoms with Gasteiger partial charge in [-0.15, -0.1) is 0 Å². The number of Topliss-reactive ketones (excluding diaryl/α,β-unsaturated/α-hetero) is 1. The number of benzene rings is 1. The normalized spacial score (nSPS) is 15.1. The van der Waals surface area contributed by atoms with Gasteiger partial charge in [0.1, 0.15) is 0 Å². The third-order valence-corrected chi connectivity index (χ3v) is 2.73. The Balaban J connectivity index is 1.95. The molecular formula is C13H15NO3. The summed E-state index contributed by atoms with van der Waals surface area (Å²) in [7, 11) is 0. The maximum atomic E-state index is 11.6. The van der Waals surface area contributed by atoms with Gasteiger partial charge in [-0.25, -0.2) is 0 Å². The molecule has 17 heavy (non-hydrogen) atoms. The van der Waals surface area contributed by atoms with Crippen molar-refractivity contribution < 1.29 is 14.3 Å². The van der Waals surface area contributed by atoms with E-state index in [0.29, 0.717) is 36.8 Å². The molecule has 1 aliphatic heterocycles. The van der Waals surface area contributed by atoms with Gasteiger partial charge in [-0.3, -0.25) is 9.59 Å². The Morgan fingerprint density at radius 2 is 2.18 bits per heavy atom. The Morgan fingerprint density at radius 3 is 2.76 bits per heavy atom. The molecule has 1 fully saturated rings. The van der Waals surface area contributed by atoms with Crippen LogP contribution in [-0.4, -0.2) is 24.9 Å². The minimum absolute atomic E-state index is 0.00603. The number of hydrogen-bond acceptors (Lipinski definition) is 3. The fraction of sp³-hybridized carbons (Fsp3) is 0.385. The molecule has 4 heteroatoms. The van der Waals surface area contributed by atoms with E-state index >= 15 is 0 Å². The molecule has 1 aromatic carbocycles. The number of rotatable bonds is 4. The quantitative estimate of drug-likeness (QED) is 0.808. The summed E-state index contributed by atoms with van der Waals surface area (Å²) in [4.78, 5) is 22.8. The van der Waals surface area contributed by atoms with Crippen molar-refractivity contribution in [3.63, 3.8) is 0 Å². The summed E-state index contributed by atoms with van der Waals surface area (Å²) < 4.78 is 5.01. The van der Waals surface area contributed by atoms with Gasteiger partial charge in [-0.2, -0.15) is 0 Å². The lowest BCUT2D eigenvalue weighted by Crippen LogP contribution is -2.31. The van der Waals surface area contributed by atoms with Crippen LogP contribution in [0.5, 0.6) is 0 Å². The number of anilines is 1. The molecule has 0 atom stereocenters. The minimum Gasteiger partial charge on any atom is -0.381 e. The molecule has 1 aromatic rings. The highest BCUT2D eigenvalue weighted by Crippen LogP contribution is 2.16. The number of amides is 1. The molecule has 0 unspecified atom stereocenters. The lowest BCUT2D eigenvalue weighted by Gasteiger charge is -2.25. The molecular weight excluding hydrogens is 218 g/mol. The van der Waals surface area contributed by atoms with E-state index in [2.05, 4.69) is 5.32 Å². The molecule has 1 heterocycles. The summed E-state index contributed by atoms with van der Waals surface area (Å²) in [5, 5.41) is 2.79. The second kappa shape index (κ2) is 5.10. The Hall–Kier alpha value is -1.68. The number of nitrogens with one attached hydrogen (secondary N) is 1. The second-order valence-corrected chi connectivity index (χ2v) is 4.29. The lowest BCUT2D eigenvalue weighted by molar-refractivity contribution is -0.121. The van der Waals surface area contributed by atoms with Gasteiger partial charge in [-0.1, -0.05) is 12.1 Å². The first kappa shape index (κ1) is 11.8. The topological polar surface area (TPSA) is 55.4 Å². The molecule has 2 rings (SSSR count). The van der Waals surface area contributed by atoms with Crippen molar-refractivity contribution in [2.24, 2.45) is 5.92 Å². The maximum Gasteiger partial charge on any atom is 0.224 e. The Bertz CT molecular complexity index is 438. The first-order chi connectivity index (χ1) is 8.15. The average molecular weight is 233 g/mol. The van der Waals surface area contributed by atoms with Crippen LogP contribution in [0.1, 0.15) is 23.7 Å². The fourth-order valence-corrected chi connectivity index (χ4v) is 1.69. The van der Waals surface area contributed by atoms with Crippen molar-refractivity contribution in [3.8, 4) is 0 Å². The van der Waals surface area contributed by atoms with Gasteiger partial charge in [0.15, 0.2) is 5.78 Å². The molecule has 90 valence electrons. The highest BCUT2D eigenvalue weighted by molar-refractivity contribution is 5.97. The third kappa shape index (κ3) is 3.14. The van der Waals surface area contributed by atoms with Gasteiger partial charge in [0.2, 0.25) is 5.91 Å². The second-order valence-electron chi connectivity index (χ2n) is 4.29. The van der Waals surface area contributed by atoms with Gasteiger partial charge < -0.3 is 10.1 Å². The Morgan fingerprint density at radius 1 is 1.41 bits per heavy atom. The van der Waals surface area contributed by atoms with Crippen molar-refractivity contribution in [2.45, 2.75) is 13.3 Å². The number of hydrogen-bond donors (Lipinski definition) is 1. The SMILES string of the molecule is CC(=O)c1cccc(NC(=O)CC2COC2)c1. The van der Waals surface area contributed by atoms with Gasteiger partial charge in [0, 0.05) is 23.6 Å². The lowest BCUT2D eigenvalue weighted by atomic mass is 10.0. The van der Waals surface area contributed by atoms with Crippen molar-refractivity contribution in [1.29, 1.82) is 0 Å². The number of carbonyl (C=O) groups is 2. The Labute approximate surface area is 100.0 Å². The summed E-state index contributed by atoms with van der Waals surface area (Å²) in [5.41, 5.74) is 1.28. The zero-order valence-electron chi connectivity index (χ0n) is 9.73. The number of carbonyl (C=O) groups excluding carboxylic acids is 2. The first-order valence-electron chi connectivity index (χ1n) is 5.64. The van der Waals surface area contributed by atoms with Gasteiger partial charge in [0.05, 0.1) is 13.2 Å². The average Bonchev–Trinajstić information content (AvgIpc) is 2.24. The minimum atomic E-state index is -0.0287. The molecule has 4 nitrogen and oxygen atoms in total. The highest BCUT2D eigenvalue weighted by Gasteiger charge is 2.21. The van der Waals surface area contributed by atoms with Crippen LogP contribution in [0.25, 0.3) is 0 Å². The molecule has 0 radical (unpaired) electrons. The summed E-state index contributed by atoms with van der Waals surface area (Å²) >= 11 is 0. The van der Waals surface area contributed by atoms with Gasteiger partial charge >= 0.3 is 0 Å². The molecule has 1 N–H and O–H groups in total. The maximum absolute atomic E-state index is 11.6. The van der Waals surface area contributed by atoms with Crippen LogP contribution >= 0.6 is 0 Å². The van der Waals surface area contributed by atoms with E-state index in [1.165, 1.54) is 6.92 Å². The summed E-state index contributed by atoms with van der Waals surface area (Å²) in [6, 6.07) is 6.97. The number of ether oxygens (including phenoxy) is 1. The van der Waals surface area contributed by atoms with Crippen molar-refractivity contribution in [3.05, 3.63) is 29.8 Å². The largest absolute Gasteiger partial charge is 0.381 e. The van der Waals surface area contributed by atoms with E-state index in [-0.39, 0.29) is 11.7 Å². The molecule has 0 aliphatic carbocycles. The highest BCUT2D eigenvalue weighted by atomic mass is 16.5. The summed E-state index contributed by atoms with van der Waals surface area (Å²) in [6.45, 7) is 2.84. The molecule has 0 aromatic heterocycles. The van der Waals surface area contributed by atoms with Crippen LogP contribution in [0.4, 0.5) is 5.69 Å². The molecule has 0 spiro atoms. The van der Waals surface area contributed by atoms with Gasteiger partial charge in [-0.05, 0) is 19.1 Å². The summed E-state index contributed by atoms with van der Waals surface area (Å²) in [6.07, 6.45) is 0.476. The van der Waals surface area contributed by atoms with E-state index in [1.54, 1.807) is 24.3 Å². The molecule has 1 amide bonds. The van der Waals surface area contributed by atoms with E-state index in [1.807, 2.05) is 0 Å². The molecule has 0 bridgehead atoms. The van der Waals surface area contributed by atoms with E-state index in [0.717, 1.165) is 0 Å². The van der Waals surface area contributed by atoms with Crippen LogP contribution in [0, 0.1) is 5.92 Å². The van der Waals surface area contributed by atoms with Crippen molar-refractivity contribution in [2.75, 3.05) is 18.5 Å².